The van der Waals surface area contributed by atoms with Crippen LogP contribution in [-0.2, 0) is 14.8 Å². The highest BCUT2D eigenvalue weighted by Crippen LogP contribution is 2.30. The fraction of sp³-hybridized carbons (Fsp3) is 0.304. The molecule has 1 aromatic heterocycles. The minimum absolute atomic E-state index is 0.0544. The van der Waals surface area contributed by atoms with Gasteiger partial charge in [0, 0.05) is 56.5 Å². The van der Waals surface area contributed by atoms with Crippen molar-refractivity contribution in [2.75, 3.05) is 44.2 Å². The van der Waals surface area contributed by atoms with E-state index in [-0.39, 0.29) is 29.8 Å². The number of hydrogen-bond acceptors (Lipinski definition) is 5. The Morgan fingerprint density at radius 3 is 2.35 bits per heavy atom. The molecular weight excluding hydrogens is 412 g/mol. The molecule has 2 saturated heterocycles. The lowest BCUT2D eigenvalue weighted by atomic mass is 10.0. The molecule has 2 aromatic carbocycles. The van der Waals surface area contributed by atoms with Gasteiger partial charge in [-0.3, -0.25) is 9.78 Å². The van der Waals surface area contributed by atoms with Crippen molar-refractivity contribution in [1.82, 2.24) is 14.2 Å². The van der Waals surface area contributed by atoms with Crippen LogP contribution in [0.25, 0.3) is 10.9 Å². The first kappa shape index (κ1) is 20.0. The number of carbonyl (C=O) groups excluding carboxylic acids is 1. The second-order valence-electron chi connectivity index (χ2n) is 7.99. The Morgan fingerprint density at radius 1 is 0.871 bits per heavy atom. The molecule has 8 heteroatoms. The van der Waals surface area contributed by atoms with Gasteiger partial charge in [0.2, 0.25) is 15.9 Å². The van der Waals surface area contributed by atoms with Crippen molar-refractivity contribution in [3.8, 4) is 0 Å². The molecule has 0 spiro atoms. The van der Waals surface area contributed by atoms with Crippen LogP contribution >= 0.6 is 0 Å². The van der Waals surface area contributed by atoms with E-state index in [1.807, 2.05) is 23.1 Å². The van der Waals surface area contributed by atoms with E-state index in [1.54, 1.807) is 36.5 Å². The maximum Gasteiger partial charge on any atom is 0.243 e. The molecule has 2 aliphatic rings. The third kappa shape index (κ3) is 3.66. The summed E-state index contributed by atoms with van der Waals surface area (Å²) in [5.41, 5.74) is 1.81. The molecule has 3 aromatic rings. The van der Waals surface area contributed by atoms with E-state index in [1.165, 1.54) is 9.99 Å². The van der Waals surface area contributed by atoms with Crippen LogP contribution in [0.3, 0.4) is 0 Å². The van der Waals surface area contributed by atoms with Crippen LogP contribution < -0.4 is 4.90 Å². The van der Waals surface area contributed by atoms with Crippen LogP contribution in [-0.4, -0.2) is 67.8 Å². The molecule has 5 rings (SSSR count). The maximum absolute atomic E-state index is 13.1. The van der Waals surface area contributed by atoms with Crippen molar-refractivity contribution in [3.05, 3.63) is 66.9 Å². The van der Waals surface area contributed by atoms with Crippen LogP contribution in [0.1, 0.15) is 0 Å². The van der Waals surface area contributed by atoms with Crippen molar-refractivity contribution in [2.24, 2.45) is 5.92 Å². The molecule has 0 saturated carbocycles. The summed E-state index contributed by atoms with van der Waals surface area (Å²) in [7, 11) is -3.66. The molecule has 2 fully saturated rings. The molecule has 0 unspecified atom stereocenters. The van der Waals surface area contributed by atoms with E-state index in [9.17, 15) is 13.2 Å². The van der Waals surface area contributed by atoms with E-state index in [4.69, 9.17) is 0 Å². The molecule has 0 radical (unpaired) electrons. The van der Waals surface area contributed by atoms with Gasteiger partial charge in [-0.1, -0.05) is 24.3 Å². The zero-order valence-electron chi connectivity index (χ0n) is 17.1. The lowest BCUT2D eigenvalue weighted by Crippen LogP contribution is -2.59. The average Bonchev–Trinajstić information content (AvgIpc) is 2.78. The van der Waals surface area contributed by atoms with E-state index in [2.05, 4.69) is 22.0 Å². The van der Waals surface area contributed by atoms with Gasteiger partial charge in [-0.25, -0.2) is 8.42 Å². The fourth-order valence-electron chi connectivity index (χ4n) is 4.31. The quantitative estimate of drug-likeness (QED) is 0.627. The zero-order chi connectivity index (χ0) is 21.4. The molecule has 3 heterocycles. The number of aromatic nitrogens is 1. The molecule has 0 bridgehead atoms. The molecule has 0 N–H and O–H groups in total. The first-order valence-corrected chi connectivity index (χ1v) is 11.9. The molecular formula is C23H24N4O3S. The van der Waals surface area contributed by atoms with Crippen molar-refractivity contribution >= 4 is 32.5 Å². The highest BCUT2D eigenvalue weighted by molar-refractivity contribution is 7.89. The third-order valence-corrected chi connectivity index (χ3v) is 8.02. The summed E-state index contributed by atoms with van der Waals surface area (Å²) in [6.07, 6.45) is 1.65. The lowest BCUT2D eigenvalue weighted by Gasteiger charge is -2.42. The SMILES string of the molecule is O=C(C1CN(S(=O)(=O)c2cccc3ncccc23)C1)N1CCN(c2ccccc2)CC1. The van der Waals surface area contributed by atoms with E-state index < -0.39 is 10.0 Å². The van der Waals surface area contributed by atoms with Crippen LogP contribution in [0.2, 0.25) is 0 Å². The number of para-hydroxylation sites is 1. The number of sulfonamides is 1. The maximum atomic E-state index is 13.1. The van der Waals surface area contributed by atoms with Gasteiger partial charge in [0.25, 0.3) is 0 Å². The Kier molecular flexibility index (Phi) is 5.11. The Morgan fingerprint density at radius 2 is 1.61 bits per heavy atom. The van der Waals surface area contributed by atoms with Crippen LogP contribution in [0.5, 0.6) is 0 Å². The van der Waals surface area contributed by atoms with Gasteiger partial charge in [0.1, 0.15) is 0 Å². The Hall–Kier alpha value is -2.97. The van der Waals surface area contributed by atoms with Gasteiger partial charge in [-0.05, 0) is 36.4 Å². The summed E-state index contributed by atoms with van der Waals surface area (Å²) >= 11 is 0. The summed E-state index contributed by atoms with van der Waals surface area (Å²) in [5.74, 6) is -0.218. The van der Waals surface area contributed by atoms with Gasteiger partial charge < -0.3 is 9.80 Å². The molecule has 31 heavy (non-hydrogen) atoms. The molecule has 1 amide bonds. The molecule has 2 aliphatic heterocycles. The zero-order valence-corrected chi connectivity index (χ0v) is 17.9. The van der Waals surface area contributed by atoms with Crippen molar-refractivity contribution in [3.63, 3.8) is 0 Å². The number of rotatable bonds is 4. The number of amides is 1. The van der Waals surface area contributed by atoms with Crippen molar-refractivity contribution in [2.45, 2.75) is 4.90 Å². The standard InChI is InChI=1S/C23H24N4O3S/c28-23(26-14-12-25(13-15-26)19-6-2-1-3-7-19)18-16-27(17-18)31(29,30)22-10-4-9-21-20(22)8-5-11-24-21/h1-11,18H,12-17H2. The summed E-state index contributed by atoms with van der Waals surface area (Å²) in [5, 5.41) is 0.608. The Labute approximate surface area is 181 Å². The number of hydrogen-bond donors (Lipinski definition) is 0. The normalized spacial score (nSPS) is 18.2. The van der Waals surface area contributed by atoms with E-state index in [0.29, 0.717) is 24.0 Å². The number of piperazine rings is 1. The second-order valence-corrected chi connectivity index (χ2v) is 9.90. The number of benzene rings is 2. The largest absolute Gasteiger partial charge is 0.368 e. The van der Waals surface area contributed by atoms with Crippen molar-refractivity contribution < 1.29 is 13.2 Å². The van der Waals surface area contributed by atoms with E-state index in [0.717, 1.165) is 13.1 Å². The predicted octanol–water partition coefficient (Wildman–Crippen LogP) is 2.20. The third-order valence-electron chi connectivity index (χ3n) is 6.13. The summed E-state index contributed by atoms with van der Waals surface area (Å²) in [4.78, 5) is 21.6. The van der Waals surface area contributed by atoms with Crippen LogP contribution in [0, 0.1) is 5.92 Å². The van der Waals surface area contributed by atoms with Crippen LogP contribution in [0.4, 0.5) is 5.69 Å². The predicted molar refractivity (Wildman–Crippen MR) is 119 cm³/mol. The first-order chi connectivity index (χ1) is 15.0. The van der Waals surface area contributed by atoms with Gasteiger partial charge in [0.15, 0.2) is 0 Å². The second kappa shape index (κ2) is 7.94. The number of fused-ring (bicyclic) bond motifs is 1. The molecule has 0 atom stereocenters. The fourth-order valence-corrected chi connectivity index (χ4v) is 6.04. The number of anilines is 1. The van der Waals surface area contributed by atoms with Crippen molar-refractivity contribution in [1.29, 1.82) is 0 Å². The van der Waals surface area contributed by atoms with Gasteiger partial charge >= 0.3 is 0 Å². The van der Waals surface area contributed by atoms with Crippen LogP contribution in [0.15, 0.2) is 71.8 Å². The topological polar surface area (TPSA) is 73.8 Å². The average molecular weight is 437 g/mol. The summed E-state index contributed by atoms with van der Waals surface area (Å²) < 4.78 is 27.7. The monoisotopic (exact) mass is 436 g/mol. The number of nitrogens with zero attached hydrogens (tertiary/aromatic N) is 4. The Balaban J connectivity index is 1.22. The lowest BCUT2D eigenvalue weighted by molar-refractivity contribution is -0.139. The molecule has 0 aliphatic carbocycles. The summed E-state index contributed by atoms with van der Waals surface area (Å²) in [6, 6.07) is 18.8. The smallest absolute Gasteiger partial charge is 0.243 e. The molecule has 160 valence electrons. The number of pyridine rings is 1. The van der Waals surface area contributed by atoms with Gasteiger partial charge in [0.05, 0.1) is 16.3 Å². The highest BCUT2D eigenvalue weighted by atomic mass is 32.2. The highest BCUT2D eigenvalue weighted by Gasteiger charge is 2.42. The Bertz CT molecular complexity index is 1200. The minimum atomic E-state index is -3.66. The first-order valence-electron chi connectivity index (χ1n) is 10.5. The van der Waals surface area contributed by atoms with E-state index >= 15 is 0 Å². The summed E-state index contributed by atoms with van der Waals surface area (Å²) in [6.45, 7) is 3.35. The minimum Gasteiger partial charge on any atom is -0.368 e. The number of carbonyl (C=O) groups is 1. The van der Waals surface area contributed by atoms with Gasteiger partial charge in [-0.2, -0.15) is 4.31 Å². The van der Waals surface area contributed by atoms with Gasteiger partial charge in [-0.15, -0.1) is 0 Å². The molecule has 7 nitrogen and oxygen atoms in total.